The Morgan fingerprint density at radius 3 is 2.27 bits per heavy atom. The van der Waals surface area contributed by atoms with Gasteiger partial charge in [0.15, 0.2) is 0 Å². The third-order valence-corrected chi connectivity index (χ3v) is 2.37. The fourth-order valence-corrected chi connectivity index (χ4v) is 1.37. The lowest BCUT2D eigenvalue weighted by Gasteiger charge is -2.14. The number of aliphatic hydroxyl groups is 3. The Bertz CT molecular complexity index is 130. The van der Waals surface area contributed by atoms with Crippen molar-refractivity contribution in [2.45, 2.75) is 51.2 Å². The van der Waals surface area contributed by atoms with E-state index in [4.69, 9.17) is 14.9 Å². The van der Waals surface area contributed by atoms with Crippen molar-refractivity contribution in [1.82, 2.24) is 0 Å². The number of hydrogen-bond donors (Lipinski definition) is 3. The molecule has 0 aliphatic heterocycles. The minimum absolute atomic E-state index is 0.370. The molecule has 0 saturated heterocycles. The van der Waals surface area contributed by atoms with Crippen LogP contribution in [0.4, 0.5) is 0 Å². The summed E-state index contributed by atoms with van der Waals surface area (Å²) in [5.74, 6) is 0. The molecule has 2 atom stereocenters. The highest BCUT2D eigenvalue weighted by Crippen LogP contribution is 2.08. The van der Waals surface area contributed by atoms with Crippen LogP contribution in [0.5, 0.6) is 0 Å². The van der Waals surface area contributed by atoms with Gasteiger partial charge >= 0.3 is 0 Å². The third-order valence-electron chi connectivity index (χ3n) is 2.37. The van der Waals surface area contributed by atoms with Crippen molar-refractivity contribution in [3.8, 4) is 0 Å². The van der Waals surface area contributed by atoms with Crippen LogP contribution in [0.1, 0.15) is 39.0 Å². The van der Waals surface area contributed by atoms with Crippen LogP contribution in [0, 0.1) is 0 Å². The quantitative estimate of drug-likeness (QED) is 0.474. The minimum atomic E-state index is -0.992. The van der Waals surface area contributed by atoms with Crippen molar-refractivity contribution in [1.29, 1.82) is 0 Å². The molecule has 0 aliphatic carbocycles. The van der Waals surface area contributed by atoms with Gasteiger partial charge in [0.25, 0.3) is 0 Å². The number of ether oxygens (including phenoxy) is 1. The molecule has 0 spiro atoms. The first-order chi connectivity index (χ1) is 7.22. The largest absolute Gasteiger partial charge is 0.394 e. The second-order valence-electron chi connectivity index (χ2n) is 3.72. The molecule has 15 heavy (non-hydrogen) atoms. The second kappa shape index (κ2) is 10.4. The number of rotatable bonds is 10. The van der Waals surface area contributed by atoms with Gasteiger partial charge in [-0.05, 0) is 19.8 Å². The summed E-state index contributed by atoms with van der Waals surface area (Å²) in [5.41, 5.74) is 0. The lowest BCUT2D eigenvalue weighted by molar-refractivity contribution is -0.0185. The lowest BCUT2D eigenvalue weighted by Crippen LogP contribution is -2.28. The molecule has 92 valence electrons. The molecule has 0 fully saturated rings. The minimum Gasteiger partial charge on any atom is -0.394 e. The van der Waals surface area contributed by atoms with E-state index in [-0.39, 0.29) is 6.61 Å². The maximum atomic E-state index is 9.32. The van der Waals surface area contributed by atoms with Gasteiger partial charge in [0, 0.05) is 13.2 Å². The van der Waals surface area contributed by atoms with Crippen molar-refractivity contribution < 1.29 is 20.1 Å². The van der Waals surface area contributed by atoms with Crippen molar-refractivity contribution in [2.75, 3.05) is 19.8 Å². The normalized spacial score (nSPS) is 15.2. The van der Waals surface area contributed by atoms with Crippen molar-refractivity contribution in [3.63, 3.8) is 0 Å². The molecule has 0 aromatic rings. The second-order valence-corrected chi connectivity index (χ2v) is 3.72. The van der Waals surface area contributed by atoms with E-state index in [9.17, 15) is 5.11 Å². The van der Waals surface area contributed by atoms with E-state index in [1.165, 1.54) is 0 Å². The van der Waals surface area contributed by atoms with Crippen LogP contribution < -0.4 is 0 Å². The summed E-state index contributed by atoms with van der Waals surface area (Å²) in [6, 6.07) is 0. The fraction of sp³-hybridized carbons (Fsp3) is 1.00. The molecule has 4 nitrogen and oxygen atoms in total. The summed E-state index contributed by atoms with van der Waals surface area (Å²) >= 11 is 0. The molecule has 2 unspecified atom stereocenters. The predicted molar refractivity (Wildman–Crippen MR) is 58.7 cm³/mol. The maximum absolute atomic E-state index is 9.32. The van der Waals surface area contributed by atoms with E-state index in [1.54, 1.807) is 0 Å². The predicted octanol–water partition coefficient (Wildman–Crippen LogP) is 0.687. The van der Waals surface area contributed by atoms with Gasteiger partial charge in [-0.2, -0.15) is 0 Å². The van der Waals surface area contributed by atoms with Gasteiger partial charge in [-0.1, -0.05) is 19.3 Å². The molecule has 3 N–H and O–H groups in total. The monoisotopic (exact) mass is 220 g/mol. The Labute approximate surface area is 91.9 Å². The first-order valence-corrected chi connectivity index (χ1v) is 5.77. The Balaban J connectivity index is 3.16. The van der Waals surface area contributed by atoms with E-state index in [0.29, 0.717) is 6.42 Å². The molecule has 0 saturated carbocycles. The molecular formula is C11H24O4. The molecule has 0 aromatic heterocycles. The van der Waals surface area contributed by atoms with Gasteiger partial charge in [-0.25, -0.2) is 0 Å². The molecule has 0 aromatic carbocycles. The van der Waals surface area contributed by atoms with Crippen molar-refractivity contribution >= 4 is 0 Å². The summed E-state index contributed by atoms with van der Waals surface area (Å²) in [6.45, 7) is 3.18. The standard InChI is InChI=1S/C11H24O4/c1-2-15-8-6-4-3-5-7-10(13)11(14)9-12/h10-14H,2-9H2,1H3. The zero-order valence-corrected chi connectivity index (χ0v) is 9.56. The van der Waals surface area contributed by atoms with E-state index >= 15 is 0 Å². The average molecular weight is 220 g/mol. The first kappa shape index (κ1) is 14.8. The summed E-state index contributed by atoms with van der Waals surface area (Å²) in [5, 5.41) is 27.0. The van der Waals surface area contributed by atoms with Crippen LogP contribution in [0.25, 0.3) is 0 Å². The van der Waals surface area contributed by atoms with E-state index in [0.717, 1.165) is 38.9 Å². The molecule has 0 radical (unpaired) electrons. The number of aliphatic hydroxyl groups excluding tert-OH is 3. The van der Waals surface area contributed by atoms with Gasteiger partial charge < -0.3 is 20.1 Å². The van der Waals surface area contributed by atoms with Gasteiger partial charge in [-0.15, -0.1) is 0 Å². The fourth-order valence-electron chi connectivity index (χ4n) is 1.37. The van der Waals surface area contributed by atoms with Gasteiger partial charge in [0.1, 0.15) is 6.10 Å². The molecule has 4 heteroatoms. The van der Waals surface area contributed by atoms with Crippen LogP contribution >= 0.6 is 0 Å². The van der Waals surface area contributed by atoms with Gasteiger partial charge in [-0.3, -0.25) is 0 Å². The highest BCUT2D eigenvalue weighted by atomic mass is 16.5. The summed E-state index contributed by atoms with van der Waals surface area (Å²) < 4.78 is 5.19. The number of hydrogen-bond acceptors (Lipinski definition) is 4. The molecule has 0 rings (SSSR count). The third kappa shape index (κ3) is 8.81. The highest BCUT2D eigenvalue weighted by Gasteiger charge is 2.13. The lowest BCUT2D eigenvalue weighted by atomic mass is 10.1. The zero-order valence-electron chi connectivity index (χ0n) is 9.56. The van der Waals surface area contributed by atoms with Crippen molar-refractivity contribution in [3.05, 3.63) is 0 Å². The van der Waals surface area contributed by atoms with E-state index < -0.39 is 12.2 Å². The van der Waals surface area contributed by atoms with Crippen LogP contribution in [0.3, 0.4) is 0 Å². The Morgan fingerprint density at radius 2 is 1.67 bits per heavy atom. The SMILES string of the molecule is CCOCCCCCCC(O)C(O)CO. The molecule has 0 bridgehead atoms. The van der Waals surface area contributed by atoms with Crippen LogP contribution in [0.2, 0.25) is 0 Å². The molecular weight excluding hydrogens is 196 g/mol. The summed E-state index contributed by atoms with van der Waals surface area (Å²) in [7, 11) is 0. The Kier molecular flexibility index (Phi) is 10.3. The van der Waals surface area contributed by atoms with Crippen LogP contribution in [0.15, 0.2) is 0 Å². The smallest absolute Gasteiger partial charge is 0.103 e. The summed E-state index contributed by atoms with van der Waals surface area (Å²) in [4.78, 5) is 0. The molecule has 0 amide bonds. The molecule has 0 aliphatic rings. The van der Waals surface area contributed by atoms with Crippen LogP contribution in [-0.4, -0.2) is 47.3 Å². The van der Waals surface area contributed by atoms with Gasteiger partial charge in [0.05, 0.1) is 12.7 Å². The van der Waals surface area contributed by atoms with Gasteiger partial charge in [0.2, 0.25) is 0 Å². The first-order valence-electron chi connectivity index (χ1n) is 5.77. The average Bonchev–Trinajstić information content (AvgIpc) is 2.26. The summed E-state index contributed by atoms with van der Waals surface area (Å²) in [6.07, 6.45) is 2.81. The molecule has 0 heterocycles. The van der Waals surface area contributed by atoms with Crippen molar-refractivity contribution in [2.24, 2.45) is 0 Å². The van der Waals surface area contributed by atoms with Crippen LogP contribution in [-0.2, 0) is 4.74 Å². The zero-order chi connectivity index (χ0) is 11.5. The highest BCUT2D eigenvalue weighted by molar-refractivity contribution is 4.65. The Morgan fingerprint density at radius 1 is 1.00 bits per heavy atom. The number of unbranched alkanes of at least 4 members (excludes halogenated alkanes) is 3. The van der Waals surface area contributed by atoms with E-state index in [2.05, 4.69) is 0 Å². The maximum Gasteiger partial charge on any atom is 0.103 e. The van der Waals surface area contributed by atoms with E-state index in [1.807, 2.05) is 6.92 Å². The topological polar surface area (TPSA) is 69.9 Å². The Hall–Kier alpha value is -0.160.